The standard InChI is InChI=1S/C27H24F3N3O4/c1-36-20-13-32-14-21-23(20)26(35)24(34)19(12-33-15-25(28,29)30)22(17-5-3-2-4-6-17)27(26,37-21)18-9-7-16(11-31)8-10-18/h2-10,13-14,19,22,24,33-35H,12,15H2,1H3/t19-,22-,24-,26+,27?/m1/s1. The summed E-state index contributed by atoms with van der Waals surface area (Å²) in [5.41, 5.74) is -2.17. The Hall–Kier alpha value is -3.65. The molecule has 5 rings (SSSR count). The van der Waals surface area contributed by atoms with Gasteiger partial charge < -0.3 is 25.0 Å². The zero-order valence-corrected chi connectivity index (χ0v) is 19.7. The maximum atomic E-state index is 13.0. The van der Waals surface area contributed by atoms with E-state index in [1.807, 2.05) is 0 Å². The molecule has 192 valence electrons. The Bertz CT molecular complexity index is 1330. The van der Waals surface area contributed by atoms with Crippen LogP contribution in [-0.4, -0.2) is 47.7 Å². The summed E-state index contributed by atoms with van der Waals surface area (Å²) < 4.78 is 51.1. The molecule has 0 bridgehead atoms. The third-order valence-electron chi connectivity index (χ3n) is 7.32. The van der Waals surface area contributed by atoms with E-state index in [1.54, 1.807) is 54.6 Å². The zero-order chi connectivity index (χ0) is 26.4. The molecule has 1 fully saturated rings. The number of hydrogen-bond acceptors (Lipinski definition) is 7. The lowest BCUT2D eigenvalue weighted by atomic mass is 9.70. The van der Waals surface area contributed by atoms with Crippen LogP contribution in [0.1, 0.15) is 28.2 Å². The first kappa shape index (κ1) is 25.0. The Labute approximate surface area is 211 Å². The van der Waals surface area contributed by atoms with Gasteiger partial charge in [0, 0.05) is 18.4 Å². The summed E-state index contributed by atoms with van der Waals surface area (Å²) in [5.74, 6) is -1.35. The summed E-state index contributed by atoms with van der Waals surface area (Å²) in [6.45, 7) is -1.52. The van der Waals surface area contributed by atoms with Gasteiger partial charge in [-0.2, -0.15) is 18.4 Å². The lowest BCUT2D eigenvalue weighted by Crippen LogP contribution is -2.52. The van der Waals surface area contributed by atoms with E-state index in [0.717, 1.165) is 0 Å². The molecule has 1 saturated carbocycles. The third-order valence-corrected chi connectivity index (χ3v) is 7.32. The summed E-state index contributed by atoms with van der Waals surface area (Å²) in [6, 6.07) is 17.4. The second-order valence-electron chi connectivity index (χ2n) is 9.25. The molecule has 3 N–H and O–H groups in total. The molecule has 2 heterocycles. The van der Waals surface area contributed by atoms with Gasteiger partial charge in [0.15, 0.2) is 11.2 Å². The van der Waals surface area contributed by atoms with E-state index in [2.05, 4.69) is 16.4 Å². The number of methoxy groups -OCH3 is 1. The molecule has 0 spiro atoms. The van der Waals surface area contributed by atoms with Crippen LogP contribution in [0.25, 0.3) is 0 Å². The first-order valence-electron chi connectivity index (χ1n) is 11.6. The van der Waals surface area contributed by atoms with Crippen LogP contribution in [0.5, 0.6) is 11.5 Å². The molecule has 1 aliphatic carbocycles. The normalized spacial score (nSPS) is 28.2. The second kappa shape index (κ2) is 9.03. The highest BCUT2D eigenvalue weighted by molar-refractivity contribution is 5.59. The monoisotopic (exact) mass is 511 g/mol. The molecule has 1 unspecified atom stereocenters. The van der Waals surface area contributed by atoms with E-state index in [-0.39, 0.29) is 23.6 Å². The van der Waals surface area contributed by atoms with Crippen LogP contribution in [0.2, 0.25) is 0 Å². The highest BCUT2D eigenvalue weighted by Crippen LogP contribution is 2.69. The van der Waals surface area contributed by atoms with Crippen LogP contribution in [0.15, 0.2) is 67.0 Å². The van der Waals surface area contributed by atoms with Crippen LogP contribution >= 0.6 is 0 Å². The first-order valence-corrected chi connectivity index (χ1v) is 11.6. The minimum atomic E-state index is -4.46. The van der Waals surface area contributed by atoms with Crippen molar-refractivity contribution in [3.8, 4) is 17.6 Å². The van der Waals surface area contributed by atoms with Gasteiger partial charge in [-0.15, -0.1) is 0 Å². The van der Waals surface area contributed by atoms with Gasteiger partial charge in [0.2, 0.25) is 0 Å². The summed E-state index contributed by atoms with van der Waals surface area (Å²) in [7, 11) is 1.39. The number of fused-ring (bicyclic) bond motifs is 3. The summed E-state index contributed by atoms with van der Waals surface area (Å²) in [5, 5.41) is 36.1. The number of hydrogen-bond donors (Lipinski definition) is 3. The number of rotatable bonds is 6. The van der Waals surface area contributed by atoms with Crippen LogP contribution in [0.3, 0.4) is 0 Å². The summed E-state index contributed by atoms with van der Waals surface area (Å²) in [6.07, 6.45) is -3.23. The van der Waals surface area contributed by atoms with Crippen LogP contribution in [-0.2, 0) is 11.2 Å². The molecular formula is C27H24F3N3O4. The van der Waals surface area contributed by atoms with E-state index in [0.29, 0.717) is 16.7 Å². The van der Waals surface area contributed by atoms with Crippen molar-refractivity contribution in [3.05, 3.63) is 89.2 Å². The quantitative estimate of drug-likeness (QED) is 0.466. The number of alkyl halides is 3. The number of aromatic nitrogens is 1. The maximum absolute atomic E-state index is 13.0. The lowest BCUT2D eigenvalue weighted by Gasteiger charge is -2.41. The van der Waals surface area contributed by atoms with E-state index in [4.69, 9.17) is 9.47 Å². The molecule has 7 nitrogen and oxygen atoms in total. The maximum Gasteiger partial charge on any atom is 0.401 e. The molecule has 2 aromatic carbocycles. The molecule has 0 amide bonds. The van der Waals surface area contributed by atoms with Crippen molar-refractivity contribution in [2.45, 2.75) is 29.4 Å². The molecule has 10 heteroatoms. The fourth-order valence-corrected chi connectivity index (χ4v) is 5.93. The number of nitriles is 1. The molecule has 0 saturated heterocycles. The smallest absolute Gasteiger partial charge is 0.401 e. The van der Waals surface area contributed by atoms with Crippen molar-refractivity contribution in [1.29, 1.82) is 5.26 Å². The van der Waals surface area contributed by atoms with E-state index >= 15 is 0 Å². The highest BCUT2D eigenvalue weighted by atomic mass is 19.4. The van der Waals surface area contributed by atoms with Gasteiger partial charge in [0.25, 0.3) is 0 Å². The third kappa shape index (κ3) is 3.73. The molecule has 0 radical (unpaired) electrons. The first-order chi connectivity index (χ1) is 17.7. The molecule has 37 heavy (non-hydrogen) atoms. The van der Waals surface area contributed by atoms with Crippen molar-refractivity contribution in [3.63, 3.8) is 0 Å². The van der Waals surface area contributed by atoms with Crippen LogP contribution < -0.4 is 14.8 Å². The van der Waals surface area contributed by atoms with Crippen LogP contribution in [0, 0.1) is 17.2 Å². The summed E-state index contributed by atoms with van der Waals surface area (Å²) >= 11 is 0. The van der Waals surface area contributed by atoms with Crippen molar-refractivity contribution in [2.75, 3.05) is 20.2 Å². The highest BCUT2D eigenvalue weighted by Gasteiger charge is 2.76. The molecule has 3 aromatic rings. The van der Waals surface area contributed by atoms with Crippen molar-refractivity contribution in [1.82, 2.24) is 10.3 Å². The number of benzene rings is 2. The van der Waals surface area contributed by atoms with Crippen molar-refractivity contribution >= 4 is 0 Å². The Morgan fingerprint density at radius 2 is 1.84 bits per heavy atom. The zero-order valence-electron chi connectivity index (χ0n) is 19.7. The Balaban J connectivity index is 1.76. The number of nitrogens with zero attached hydrogens (tertiary/aromatic N) is 2. The van der Waals surface area contributed by atoms with Crippen molar-refractivity contribution in [2.24, 2.45) is 5.92 Å². The predicted molar refractivity (Wildman–Crippen MR) is 126 cm³/mol. The minimum absolute atomic E-state index is 0.168. The number of ether oxygens (including phenoxy) is 2. The Kier molecular flexibility index (Phi) is 6.10. The molecule has 5 atom stereocenters. The average Bonchev–Trinajstić information content (AvgIpc) is 3.27. The minimum Gasteiger partial charge on any atom is -0.495 e. The molecule has 1 aliphatic heterocycles. The number of pyridine rings is 1. The lowest BCUT2D eigenvalue weighted by molar-refractivity contribution is -0.152. The van der Waals surface area contributed by atoms with E-state index in [9.17, 15) is 28.6 Å². The number of aliphatic hydroxyl groups excluding tert-OH is 1. The SMILES string of the molecule is COc1cncc2c1[C@]1(O)[C@H](O)[C@H](CNCC(F)(F)F)[C@@H](c3ccccc3)C1(c1ccc(C#N)cc1)O2. The van der Waals surface area contributed by atoms with Gasteiger partial charge in [-0.3, -0.25) is 4.98 Å². The fraction of sp³-hybridized carbons (Fsp3) is 0.333. The summed E-state index contributed by atoms with van der Waals surface area (Å²) in [4.78, 5) is 4.13. The van der Waals surface area contributed by atoms with Gasteiger partial charge >= 0.3 is 6.18 Å². The van der Waals surface area contributed by atoms with Gasteiger partial charge in [-0.25, -0.2) is 0 Å². The van der Waals surface area contributed by atoms with Gasteiger partial charge in [0.1, 0.15) is 11.5 Å². The Morgan fingerprint density at radius 3 is 2.46 bits per heavy atom. The van der Waals surface area contributed by atoms with Crippen molar-refractivity contribution < 1.29 is 32.9 Å². The van der Waals surface area contributed by atoms with Gasteiger partial charge in [0.05, 0.1) is 49.3 Å². The van der Waals surface area contributed by atoms with E-state index in [1.165, 1.54) is 19.5 Å². The number of aliphatic hydroxyl groups is 2. The predicted octanol–water partition coefficient (Wildman–Crippen LogP) is 3.36. The topological polar surface area (TPSA) is 108 Å². The largest absolute Gasteiger partial charge is 0.495 e. The second-order valence-corrected chi connectivity index (χ2v) is 9.25. The molecule has 2 aliphatic rings. The number of nitrogens with one attached hydrogen (secondary N) is 1. The molecular weight excluding hydrogens is 487 g/mol. The van der Waals surface area contributed by atoms with E-state index < -0.39 is 41.9 Å². The average molecular weight is 512 g/mol. The number of halogens is 3. The van der Waals surface area contributed by atoms with Crippen LogP contribution in [0.4, 0.5) is 13.2 Å². The molecule has 1 aromatic heterocycles. The Morgan fingerprint density at radius 1 is 1.14 bits per heavy atom. The fourth-order valence-electron chi connectivity index (χ4n) is 5.93. The van der Waals surface area contributed by atoms with Gasteiger partial charge in [-0.05, 0) is 23.3 Å². The van der Waals surface area contributed by atoms with Gasteiger partial charge in [-0.1, -0.05) is 42.5 Å².